The maximum atomic E-state index is 12.6. The van der Waals surface area contributed by atoms with Crippen LogP contribution in [-0.2, 0) is 16.0 Å². The average Bonchev–Trinajstić information content (AvgIpc) is 3.40. The van der Waals surface area contributed by atoms with Crippen LogP contribution in [-0.4, -0.2) is 60.6 Å². The van der Waals surface area contributed by atoms with Crippen molar-refractivity contribution in [1.29, 1.82) is 0 Å². The molecule has 0 bridgehead atoms. The number of carbonyl (C=O) groups excluding carboxylic acids is 2. The number of rotatable bonds is 10. The van der Waals surface area contributed by atoms with Crippen LogP contribution in [0, 0.1) is 12.8 Å². The largest absolute Gasteiger partial charge is 0.469 e. The van der Waals surface area contributed by atoms with E-state index >= 15 is 0 Å². The van der Waals surface area contributed by atoms with Crippen molar-refractivity contribution in [3.05, 3.63) is 34.7 Å². The van der Waals surface area contributed by atoms with E-state index in [4.69, 9.17) is 9.15 Å². The molecule has 3 rings (SSSR count). The van der Waals surface area contributed by atoms with Crippen LogP contribution >= 0.6 is 11.3 Å². The molecule has 1 atom stereocenters. The highest BCUT2D eigenvalue weighted by atomic mass is 32.1. The number of hydrogen-bond donors (Lipinski definition) is 2. The molecule has 2 aromatic heterocycles. The number of morpholine rings is 1. The van der Waals surface area contributed by atoms with Gasteiger partial charge in [0.05, 0.1) is 37.2 Å². The van der Waals surface area contributed by atoms with Gasteiger partial charge in [-0.2, -0.15) is 0 Å². The summed E-state index contributed by atoms with van der Waals surface area (Å²) in [6.07, 6.45) is 3.84. The summed E-state index contributed by atoms with van der Waals surface area (Å²) in [5.74, 6) is 0.764. The predicted octanol–water partition coefficient (Wildman–Crippen LogP) is 3.09. The molecule has 0 saturated carbocycles. The summed E-state index contributed by atoms with van der Waals surface area (Å²) >= 11 is 1.31. The van der Waals surface area contributed by atoms with E-state index in [-0.39, 0.29) is 18.2 Å². The minimum absolute atomic E-state index is 0.0573. The second-order valence-electron chi connectivity index (χ2n) is 7.76. The first-order valence-corrected chi connectivity index (χ1v) is 11.8. The Hall–Kier alpha value is -2.23. The van der Waals surface area contributed by atoms with E-state index in [1.165, 1.54) is 17.6 Å². The van der Waals surface area contributed by atoms with Crippen molar-refractivity contribution in [1.82, 2.24) is 15.2 Å². The van der Waals surface area contributed by atoms with E-state index < -0.39 is 0 Å². The highest BCUT2D eigenvalue weighted by Crippen LogP contribution is 2.20. The minimum atomic E-state index is -0.268. The van der Waals surface area contributed by atoms with Gasteiger partial charge in [0.25, 0.3) is 5.91 Å². The van der Waals surface area contributed by atoms with Gasteiger partial charge in [-0.25, -0.2) is 4.98 Å². The Morgan fingerprint density at radius 1 is 1.26 bits per heavy atom. The topological polar surface area (TPSA) is 96.7 Å². The lowest BCUT2D eigenvalue weighted by atomic mass is 9.92. The fourth-order valence-corrected chi connectivity index (χ4v) is 4.72. The Kier molecular flexibility index (Phi) is 8.62. The highest BCUT2D eigenvalue weighted by molar-refractivity contribution is 7.14. The fourth-order valence-electron chi connectivity index (χ4n) is 4.01. The van der Waals surface area contributed by atoms with Crippen molar-refractivity contribution in [3.8, 4) is 0 Å². The molecule has 1 fully saturated rings. The zero-order valence-electron chi connectivity index (χ0n) is 18.5. The molecule has 1 saturated heterocycles. The van der Waals surface area contributed by atoms with Crippen molar-refractivity contribution in [2.75, 3.05) is 38.2 Å². The maximum absolute atomic E-state index is 12.6. The van der Waals surface area contributed by atoms with E-state index in [1.54, 1.807) is 18.4 Å². The Morgan fingerprint density at radius 3 is 2.65 bits per heavy atom. The normalized spacial score (nSPS) is 15.7. The van der Waals surface area contributed by atoms with Gasteiger partial charge in [-0.3, -0.25) is 19.8 Å². The molecule has 2 N–H and O–H groups in total. The number of aryl methyl sites for hydroxylation is 1. The monoisotopic (exact) mass is 448 g/mol. The SMILES string of the molecule is CCC(CC)C(CNC(=O)Cc1csc(NC(=O)c2ccoc2C)n1)N1CCOCC1. The lowest BCUT2D eigenvalue weighted by Crippen LogP contribution is -2.52. The first-order valence-electron chi connectivity index (χ1n) is 10.9. The molecule has 170 valence electrons. The molecule has 31 heavy (non-hydrogen) atoms. The molecule has 1 unspecified atom stereocenters. The van der Waals surface area contributed by atoms with Crippen LogP contribution in [0.1, 0.15) is 48.5 Å². The van der Waals surface area contributed by atoms with Gasteiger partial charge >= 0.3 is 0 Å². The van der Waals surface area contributed by atoms with Gasteiger partial charge in [-0.1, -0.05) is 26.7 Å². The Bertz CT molecular complexity index is 855. The van der Waals surface area contributed by atoms with Gasteiger partial charge in [0.15, 0.2) is 5.13 Å². The number of hydrogen-bond acceptors (Lipinski definition) is 7. The second kappa shape index (κ2) is 11.4. The predicted molar refractivity (Wildman–Crippen MR) is 120 cm³/mol. The van der Waals surface area contributed by atoms with Crippen molar-refractivity contribution < 1.29 is 18.7 Å². The van der Waals surface area contributed by atoms with E-state index in [9.17, 15) is 9.59 Å². The lowest BCUT2D eigenvalue weighted by Gasteiger charge is -2.38. The number of thiazole rings is 1. The van der Waals surface area contributed by atoms with Crippen LogP contribution in [0.4, 0.5) is 5.13 Å². The standard InChI is InChI=1S/C22H32N4O4S/c1-4-16(5-2)19(26-7-10-29-11-8-26)13-23-20(27)12-17-14-31-22(24-17)25-21(28)18-6-9-30-15(18)3/h6,9,14,16,19H,4-5,7-8,10-13H2,1-3H3,(H,23,27)(H,24,25,28). The third-order valence-electron chi connectivity index (χ3n) is 5.83. The van der Waals surface area contributed by atoms with Crippen molar-refractivity contribution >= 4 is 28.3 Å². The number of carbonyl (C=O) groups is 2. The fraction of sp³-hybridized carbons (Fsp3) is 0.591. The second-order valence-corrected chi connectivity index (χ2v) is 8.62. The maximum Gasteiger partial charge on any atom is 0.260 e. The molecule has 0 radical (unpaired) electrons. The number of ether oxygens (including phenoxy) is 1. The van der Waals surface area contributed by atoms with E-state index in [1.807, 2.05) is 0 Å². The van der Waals surface area contributed by atoms with Crippen LogP contribution in [0.25, 0.3) is 0 Å². The summed E-state index contributed by atoms with van der Waals surface area (Å²) in [5, 5.41) is 8.13. The molecule has 3 heterocycles. The molecule has 1 aliphatic rings. The molecular weight excluding hydrogens is 416 g/mol. The number of anilines is 1. The molecular formula is C22H32N4O4S. The summed E-state index contributed by atoms with van der Waals surface area (Å²) in [6.45, 7) is 10.1. The summed E-state index contributed by atoms with van der Waals surface area (Å²) in [4.78, 5) is 31.7. The van der Waals surface area contributed by atoms with Gasteiger partial charge < -0.3 is 14.5 Å². The van der Waals surface area contributed by atoms with Gasteiger partial charge in [0.2, 0.25) is 5.91 Å². The van der Waals surface area contributed by atoms with Gasteiger partial charge in [-0.15, -0.1) is 11.3 Å². The van der Waals surface area contributed by atoms with Crippen molar-refractivity contribution in [2.24, 2.45) is 5.92 Å². The number of nitrogens with zero attached hydrogens (tertiary/aromatic N) is 2. The van der Waals surface area contributed by atoms with Gasteiger partial charge in [-0.05, 0) is 18.9 Å². The lowest BCUT2D eigenvalue weighted by molar-refractivity contribution is -0.121. The van der Waals surface area contributed by atoms with Crippen LogP contribution in [0.3, 0.4) is 0 Å². The number of furan rings is 1. The van der Waals surface area contributed by atoms with Gasteiger partial charge in [0, 0.05) is 31.1 Å². The third kappa shape index (κ3) is 6.38. The quantitative estimate of drug-likeness (QED) is 0.580. The zero-order valence-corrected chi connectivity index (χ0v) is 19.3. The average molecular weight is 449 g/mol. The van der Waals surface area contributed by atoms with E-state index in [0.717, 1.165) is 39.1 Å². The smallest absolute Gasteiger partial charge is 0.260 e. The van der Waals surface area contributed by atoms with Gasteiger partial charge in [0.1, 0.15) is 5.76 Å². The minimum Gasteiger partial charge on any atom is -0.469 e. The Morgan fingerprint density at radius 2 is 2.00 bits per heavy atom. The summed E-state index contributed by atoms with van der Waals surface area (Å²) in [6, 6.07) is 1.93. The summed E-state index contributed by atoms with van der Waals surface area (Å²) in [7, 11) is 0. The number of amides is 2. The summed E-state index contributed by atoms with van der Waals surface area (Å²) < 4.78 is 10.7. The molecule has 0 aromatic carbocycles. The molecule has 8 nitrogen and oxygen atoms in total. The van der Waals surface area contributed by atoms with Crippen molar-refractivity contribution in [2.45, 2.75) is 46.1 Å². The highest BCUT2D eigenvalue weighted by Gasteiger charge is 2.27. The molecule has 9 heteroatoms. The Balaban J connectivity index is 1.52. The van der Waals surface area contributed by atoms with Crippen LogP contribution in [0.15, 0.2) is 22.1 Å². The molecule has 2 aromatic rings. The van der Waals surface area contributed by atoms with Crippen LogP contribution < -0.4 is 10.6 Å². The first-order chi connectivity index (χ1) is 15.0. The molecule has 0 aliphatic carbocycles. The van der Waals surface area contributed by atoms with Crippen LogP contribution in [0.2, 0.25) is 0 Å². The van der Waals surface area contributed by atoms with E-state index in [0.29, 0.717) is 40.7 Å². The number of nitrogens with one attached hydrogen (secondary N) is 2. The van der Waals surface area contributed by atoms with Crippen LogP contribution in [0.5, 0.6) is 0 Å². The Labute approximate surface area is 187 Å². The number of aromatic nitrogens is 1. The van der Waals surface area contributed by atoms with Crippen molar-refractivity contribution in [3.63, 3.8) is 0 Å². The first kappa shape index (κ1) is 23.4. The summed E-state index contributed by atoms with van der Waals surface area (Å²) in [5.41, 5.74) is 1.12. The molecule has 0 spiro atoms. The molecule has 2 amide bonds. The van der Waals surface area contributed by atoms with E-state index in [2.05, 4.69) is 34.4 Å². The zero-order chi connectivity index (χ0) is 22.2. The third-order valence-corrected chi connectivity index (χ3v) is 6.64. The molecule has 1 aliphatic heterocycles.